The van der Waals surface area contributed by atoms with Crippen molar-refractivity contribution in [2.75, 3.05) is 6.54 Å². The minimum atomic E-state index is 0.695. The van der Waals surface area contributed by atoms with Gasteiger partial charge in [-0.2, -0.15) is 5.10 Å². The van der Waals surface area contributed by atoms with Crippen LogP contribution in [0.2, 0.25) is 0 Å². The van der Waals surface area contributed by atoms with Crippen molar-refractivity contribution >= 4 is 6.21 Å². The Hall–Kier alpha value is -0.990. The zero-order valence-electron chi connectivity index (χ0n) is 4.96. The van der Waals surface area contributed by atoms with Crippen LogP contribution in [-0.4, -0.2) is 12.8 Å². The summed E-state index contributed by atoms with van der Waals surface area (Å²) in [6.45, 7) is 2.63. The summed E-state index contributed by atoms with van der Waals surface area (Å²) < 4.78 is 0. The quantitative estimate of drug-likeness (QED) is 0.235. The molecule has 0 aliphatic rings. The van der Waals surface area contributed by atoms with Crippen LogP contribution in [0.3, 0.4) is 0 Å². The van der Waals surface area contributed by atoms with Crippen molar-refractivity contribution in [3.63, 3.8) is 0 Å². The topological polar surface area (TPSA) is 50.4 Å². The molecular weight excluding hydrogens is 102 g/mol. The molecule has 0 saturated carbocycles. The highest BCUT2D eigenvalue weighted by Gasteiger charge is 1.67. The third-order valence-electron chi connectivity index (χ3n) is 0.599. The van der Waals surface area contributed by atoms with Gasteiger partial charge >= 0.3 is 0 Å². The number of nitrogens with zero attached hydrogens (tertiary/aromatic N) is 1. The number of rotatable bonds is 3. The van der Waals surface area contributed by atoms with Gasteiger partial charge in [-0.15, -0.1) is 0 Å². The second kappa shape index (κ2) is 6.01. The van der Waals surface area contributed by atoms with Gasteiger partial charge in [0.1, 0.15) is 0 Å². The molecule has 3 heteroatoms. The molecule has 0 amide bonds. The monoisotopic (exact) mass is 113 g/mol. The number of nitrogens with one attached hydrogen (secondary N) is 1. The lowest BCUT2D eigenvalue weighted by molar-refractivity contribution is 1.02. The third-order valence-corrected chi connectivity index (χ3v) is 0.599. The highest BCUT2D eigenvalue weighted by Crippen LogP contribution is 1.59. The van der Waals surface area contributed by atoms with E-state index in [0.717, 1.165) is 0 Å². The fourth-order valence-corrected chi connectivity index (χ4v) is 0.291. The molecular formula is C5H11N3. The largest absolute Gasteiger partial charge is 0.386 e. The van der Waals surface area contributed by atoms with Gasteiger partial charge in [-0.25, -0.2) is 0 Å². The van der Waals surface area contributed by atoms with Crippen LogP contribution < -0.4 is 11.2 Å². The third kappa shape index (κ3) is 5.01. The molecule has 3 nitrogen and oxygen atoms in total. The SMILES string of the molecule is C/C=C\NC/C=N\N. The van der Waals surface area contributed by atoms with E-state index in [-0.39, 0.29) is 0 Å². The van der Waals surface area contributed by atoms with E-state index in [1.165, 1.54) is 0 Å². The predicted molar refractivity (Wildman–Crippen MR) is 35.5 cm³/mol. The zero-order valence-corrected chi connectivity index (χ0v) is 4.96. The van der Waals surface area contributed by atoms with Crippen molar-refractivity contribution < 1.29 is 0 Å². The molecule has 0 spiro atoms. The lowest BCUT2D eigenvalue weighted by Gasteiger charge is -1.88. The molecule has 0 aromatic heterocycles. The van der Waals surface area contributed by atoms with Crippen molar-refractivity contribution in [3.8, 4) is 0 Å². The molecule has 0 atom stereocenters. The van der Waals surface area contributed by atoms with Crippen molar-refractivity contribution in [2.45, 2.75) is 6.92 Å². The van der Waals surface area contributed by atoms with Crippen LogP contribution in [0.5, 0.6) is 0 Å². The van der Waals surface area contributed by atoms with Crippen LogP contribution in [0.1, 0.15) is 6.92 Å². The molecule has 0 bridgehead atoms. The van der Waals surface area contributed by atoms with Crippen molar-refractivity contribution in [2.24, 2.45) is 10.9 Å². The Kier molecular flexibility index (Phi) is 5.27. The molecule has 46 valence electrons. The number of allylic oxidation sites excluding steroid dienone is 1. The molecule has 0 aliphatic heterocycles. The van der Waals surface area contributed by atoms with E-state index in [1.54, 1.807) is 6.21 Å². The maximum absolute atomic E-state index is 4.82. The minimum Gasteiger partial charge on any atom is -0.386 e. The summed E-state index contributed by atoms with van der Waals surface area (Å²) in [6, 6.07) is 0. The Bertz CT molecular complexity index is 73.7. The maximum atomic E-state index is 4.82. The summed E-state index contributed by atoms with van der Waals surface area (Å²) in [5.74, 6) is 4.82. The highest BCUT2D eigenvalue weighted by molar-refractivity contribution is 5.59. The smallest absolute Gasteiger partial charge is 0.0515 e. The van der Waals surface area contributed by atoms with Crippen molar-refractivity contribution in [1.82, 2.24) is 5.32 Å². The van der Waals surface area contributed by atoms with Crippen LogP contribution in [0.15, 0.2) is 17.4 Å². The van der Waals surface area contributed by atoms with Gasteiger partial charge in [0.2, 0.25) is 0 Å². The highest BCUT2D eigenvalue weighted by atomic mass is 15.1. The molecule has 0 aromatic carbocycles. The summed E-state index contributed by atoms with van der Waals surface area (Å²) in [5.41, 5.74) is 0. The summed E-state index contributed by atoms with van der Waals surface area (Å²) in [4.78, 5) is 0. The lowest BCUT2D eigenvalue weighted by Crippen LogP contribution is -2.08. The standard InChI is InChI=1S/C5H11N3/c1-2-3-7-4-5-8-6/h2-3,5,7H,4,6H2,1H3/b3-2-,8-5-. The Morgan fingerprint density at radius 2 is 2.50 bits per heavy atom. The van der Waals surface area contributed by atoms with Gasteiger partial charge in [0, 0.05) is 6.21 Å². The summed E-state index contributed by atoms with van der Waals surface area (Å²) in [5, 5.41) is 6.21. The Morgan fingerprint density at radius 3 is 3.00 bits per heavy atom. The second-order valence-corrected chi connectivity index (χ2v) is 1.24. The fourth-order valence-electron chi connectivity index (χ4n) is 0.291. The first-order valence-electron chi connectivity index (χ1n) is 2.48. The van der Waals surface area contributed by atoms with Crippen LogP contribution in [-0.2, 0) is 0 Å². The van der Waals surface area contributed by atoms with E-state index >= 15 is 0 Å². The van der Waals surface area contributed by atoms with Gasteiger partial charge in [-0.3, -0.25) is 0 Å². The van der Waals surface area contributed by atoms with Gasteiger partial charge in [0.05, 0.1) is 6.54 Å². The number of hydrogen-bond donors (Lipinski definition) is 2. The van der Waals surface area contributed by atoms with Crippen LogP contribution in [0.4, 0.5) is 0 Å². The average Bonchev–Trinajstić information content (AvgIpc) is 1.81. The van der Waals surface area contributed by atoms with Gasteiger partial charge < -0.3 is 11.2 Å². The second-order valence-electron chi connectivity index (χ2n) is 1.24. The fraction of sp³-hybridized carbons (Fsp3) is 0.400. The van der Waals surface area contributed by atoms with Crippen LogP contribution in [0, 0.1) is 0 Å². The average molecular weight is 113 g/mol. The van der Waals surface area contributed by atoms with E-state index in [2.05, 4.69) is 10.4 Å². The van der Waals surface area contributed by atoms with E-state index in [1.807, 2.05) is 19.2 Å². The summed E-state index contributed by atoms with van der Waals surface area (Å²) in [6.07, 6.45) is 5.34. The summed E-state index contributed by atoms with van der Waals surface area (Å²) >= 11 is 0. The first-order valence-corrected chi connectivity index (χ1v) is 2.48. The number of hydrogen-bond acceptors (Lipinski definition) is 3. The normalized spacial score (nSPS) is 11.1. The molecule has 8 heavy (non-hydrogen) atoms. The molecule has 0 heterocycles. The zero-order chi connectivity index (χ0) is 6.24. The lowest BCUT2D eigenvalue weighted by atomic mass is 10.6. The maximum Gasteiger partial charge on any atom is 0.0515 e. The summed E-state index contributed by atoms with van der Waals surface area (Å²) in [7, 11) is 0. The molecule has 0 saturated heterocycles. The molecule has 0 aromatic rings. The Balaban J connectivity index is 2.93. The first-order chi connectivity index (χ1) is 3.91. The molecule has 3 N–H and O–H groups in total. The van der Waals surface area contributed by atoms with Crippen LogP contribution >= 0.6 is 0 Å². The molecule has 0 unspecified atom stereocenters. The molecule has 0 rings (SSSR count). The predicted octanol–water partition coefficient (Wildman–Crippen LogP) is 0.0541. The Morgan fingerprint density at radius 1 is 1.75 bits per heavy atom. The molecule has 0 fully saturated rings. The van der Waals surface area contributed by atoms with Gasteiger partial charge in [-0.1, -0.05) is 6.08 Å². The van der Waals surface area contributed by atoms with E-state index < -0.39 is 0 Å². The van der Waals surface area contributed by atoms with E-state index in [0.29, 0.717) is 6.54 Å². The van der Waals surface area contributed by atoms with Gasteiger partial charge in [0.15, 0.2) is 0 Å². The van der Waals surface area contributed by atoms with Crippen molar-refractivity contribution in [3.05, 3.63) is 12.3 Å². The van der Waals surface area contributed by atoms with Crippen molar-refractivity contribution in [1.29, 1.82) is 0 Å². The minimum absolute atomic E-state index is 0.695. The Labute approximate surface area is 49.3 Å². The van der Waals surface area contributed by atoms with Gasteiger partial charge in [-0.05, 0) is 13.1 Å². The van der Waals surface area contributed by atoms with Crippen LogP contribution in [0.25, 0.3) is 0 Å². The van der Waals surface area contributed by atoms with Gasteiger partial charge in [0.25, 0.3) is 0 Å². The number of hydrazone groups is 1. The first kappa shape index (κ1) is 7.01. The molecule has 0 radical (unpaired) electrons. The number of nitrogens with two attached hydrogens (primary N) is 1. The molecule has 0 aliphatic carbocycles. The van der Waals surface area contributed by atoms with E-state index in [9.17, 15) is 0 Å². The van der Waals surface area contributed by atoms with E-state index in [4.69, 9.17) is 5.84 Å².